The minimum absolute atomic E-state index is 0.111. The summed E-state index contributed by atoms with van der Waals surface area (Å²) < 4.78 is 35.8. The van der Waals surface area contributed by atoms with E-state index in [1.165, 1.54) is 89.9 Å². The first-order valence-corrected chi connectivity index (χ1v) is 15.7. The van der Waals surface area contributed by atoms with Gasteiger partial charge >= 0.3 is 0 Å². The molecule has 0 unspecified atom stereocenters. The largest absolute Gasteiger partial charge is 0.490 e. The Kier molecular flexibility index (Phi) is 11.0. The molecule has 3 saturated carbocycles. The number of halogens is 2. The zero-order chi connectivity index (χ0) is 25.3. The van der Waals surface area contributed by atoms with Crippen LogP contribution in [0, 0.1) is 41.2 Å². The number of unbranched alkanes of at least 4 members (excludes halogenated alkanes) is 2. The quantitative estimate of drug-likeness (QED) is 0.273. The molecule has 1 aromatic carbocycles. The zero-order valence-corrected chi connectivity index (χ0v) is 23.2. The minimum Gasteiger partial charge on any atom is -0.490 e. The molecule has 36 heavy (non-hydrogen) atoms. The Morgan fingerprint density at radius 2 is 1.22 bits per heavy atom. The van der Waals surface area contributed by atoms with Crippen molar-refractivity contribution in [3.63, 3.8) is 0 Å². The molecule has 0 atom stereocenters. The van der Waals surface area contributed by atoms with Crippen molar-refractivity contribution in [1.82, 2.24) is 0 Å². The highest BCUT2D eigenvalue weighted by Gasteiger charge is 2.31. The fourth-order valence-corrected chi connectivity index (χ4v) is 7.81. The van der Waals surface area contributed by atoms with E-state index in [1.807, 2.05) is 0 Å². The lowest BCUT2D eigenvalue weighted by Gasteiger charge is -2.38. The number of benzene rings is 1. The second kappa shape index (κ2) is 14.1. The number of rotatable bonds is 11. The molecule has 0 heterocycles. The summed E-state index contributed by atoms with van der Waals surface area (Å²) in [6.45, 7) is 5.05. The standard InChI is InChI=1S/C33H52F2O/c1-3-5-6-8-25-9-15-27(16-10-25)28-17-13-26(14-18-28)23-36-31-22-21-30(32(34)33(31)35)29-19-11-24(7-4-2)12-20-29/h21-22,24-29H,3-20,23H2,1-2H3/t24-,25-,26-,27-,28-,29-. The Bertz CT molecular complexity index is 768. The van der Waals surface area contributed by atoms with E-state index >= 15 is 0 Å². The minimum atomic E-state index is -0.771. The van der Waals surface area contributed by atoms with Crippen LogP contribution in [0.4, 0.5) is 8.78 Å². The highest BCUT2D eigenvalue weighted by atomic mass is 19.2. The van der Waals surface area contributed by atoms with E-state index in [2.05, 4.69) is 13.8 Å². The van der Waals surface area contributed by atoms with Crippen LogP contribution < -0.4 is 4.74 Å². The fraction of sp³-hybridized carbons (Fsp3) is 0.818. The van der Waals surface area contributed by atoms with Crippen molar-refractivity contribution in [2.75, 3.05) is 6.61 Å². The van der Waals surface area contributed by atoms with Crippen LogP contribution in [0.25, 0.3) is 0 Å². The average Bonchev–Trinajstić information content (AvgIpc) is 2.91. The second-order valence-electron chi connectivity index (χ2n) is 12.7. The highest BCUT2D eigenvalue weighted by Crippen LogP contribution is 2.43. The monoisotopic (exact) mass is 502 g/mol. The summed E-state index contributed by atoms with van der Waals surface area (Å²) in [5.41, 5.74) is 0.565. The summed E-state index contributed by atoms with van der Waals surface area (Å²) in [6.07, 6.45) is 23.0. The van der Waals surface area contributed by atoms with E-state index < -0.39 is 11.6 Å². The molecule has 0 N–H and O–H groups in total. The van der Waals surface area contributed by atoms with Crippen LogP contribution in [-0.2, 0) is 0 Å². The molecule has 0 aromatic heterocycles. The lowest BCUT2D eigenvalue weighted by Crippen LogP contribution is -2.27. The van der Waals surface area contributed by atoms with Gasteiger partial charge in [0.15, 0.2) is 11.6 Å². The Hall–Kier alpha value is -1.12. The molecule has 3 aliphatic carbocycles. The maximum Gasteiger partial charge on any atom is 0.200 e. The third-order valence-electron chi connectivity index (χ3n) is 10.2. The lowest BCUT2D eigenvalue weighted by molar-refractivity contribution is 0.120. The highest BCUT2D eigenvalue weighted by molar-refractivity contribution is 5.33. The first kappa shape index (κ1) is 27.9. The van der Waals surface area contributed by atoms with Gasteiger partial charge in [0.25, 0.3) is 0 Å². The Labute approximate surface area is 220 Å². The van der Waals surface area contributed by atoms with Crippen LogP contribution in [-0.4, -0.2) is 6.61 Å². The molecule has 204 valence electrons. The summed E-state index contributed by atoms with van der Waals surface area (Å²) in [4.78, 5) is 0. The van der Waals surface area contributed by atoms with Crippen molar-refractivity contribution in [1.29, 1.82) is 0 Å². The second-order valence-corrected chi connectivity index (χ2v) is 12.7. The van der Waals surface area contributed by atoms with E-state index in [0.29, 0.717) is 18.1 Å². The third-order valence-corrected chi connectivity index (χ3v) is 10.2. The third kappa shape index (κ3) is 7.47. The predicted molar refractivity (Wildman–Crippen MR) is 146 cm³/mol. The molecule has 1 aromatic rings. The zero-order valence-electron chi connectivity index (χ0n) is 23.2. The van der Waals surface area contributed by atoms with Crippen LogP contribution in [0.1, 0.15) is 141 Å². The number of hydrogen-bond acceptors (Lipinski definition) is 1. The van der Waals surface area contributed by atoms with Crippen LogP contribution >= 0.6 is 0 Å². The van der Waals surface area contributed by atoms with Gasteiger partial charge in [0.05, 0.1) is 6.61 Å². The molecule has 4 rings (SSSR count). The van der Waals surface area contributed by atoms with E-state index in [-0.39, 0.29) is 11.7 Å². The molecular weight excluding hydrogens is 450 g/mol. The first-order chi connectivity index (χ1) is 17.6. The van der Waals surface area contributed by atoms with Crippen molar-refractivity contribution < 1.29 is 13.5 Å². The topological polar surface area (TPSA) is 9.23 Å². The molecule has 0 radical (unpaired) electrons. The van der Waals surface area contributed by atoms with E-state index in [1.54, 1.807) is 12.1 Å². The van der Waals surface area contributed by atoms with Gasteiger partial charge in [0, 0.05) is 0 Å². The summed E-state index contributed by atoms with van der Waals surface area (Å²) in [5.74, 6) is 2.85. The molecule has 3 heteroatoms. The Balaban J connectivity index is 1.18. The van der Waals surface area contributed by atoms with Gasteiger partial charge < -0.3 is 4.74 Å². The molecular formula is C33H52F2O. The van der Waals surface area contributed by atoms with Gasteiger partial charge in [-0.1, -0.05) is 71.3 Å². The number of ether oxygens (including phenoxy) is 1. The van der Waals surface area contributed by atoms with Gasteiger partial charge in [-0.05, 0) is 111 Å². The molecule has 0 aliphatic heterocycles. The summed E-state index contributed by atoms with van der Waals surface area (Å²) in [6, 6.07) is 3.49. The Morgan fingerprint density at radius 3 is 1.83 bits per heavy atom. The molecule has 0 spiro atoms. The van der Waals surface area contributed by atoms with Crippen molar-refractivity contribution in [2.45, 2.75) is 135 Å². The van der Waals surface area contributed by atoms with Crippen molar-refractivity contribution >= 4 is 0 Å². The molecule has 0 saturated heterocycles. The average molecular weight is 503 g/mol. The summed E-state index contributed by atoms with van der Waals surface area (Å²) in [7, 11) is 0. The maximum atomic E-state index is 15.0. The summed E-state index contributed by atoms with van der Waals surface area (Å²) >= 11 is 0. The van der Waals surface area contributed by atoms with E-state index in [9.17, 15) is 8.78 Å². The molecule has 3 fully saturated rings. The number of hydrogen-bond donors (Lipinski definition) is 0. The molecule has 0 amide bonds. The van der Waals surface area contributed by atoms with Gasteiger partial charge in [-0.2, -0.15) is 4.39 Å². The van der Waals surface area contributed by atoms with Crippen LogP contribution in [0.3, 0.4) is 0 Å². The van der Waals surface area contributed by atoms with Gasteiger partial charge in [-0.3, -0.25) is 0 Å². The van der Waals surface area contributed by atoms with Gasteiger partial charge in [0.1, 0.15) is 0 Å². The Morgan fingerprint density at radius 1 is 0.639 bits per heavy atom. The van der Waals surface area contributed by atoms with Crippen LogP contribution in [0.5, 0.6) is 5.75 Å². The maximum absolute atomic E-state index is 15.0. The van der Waals surface area contributed by atoms with E-state index in [4.69, 9.17) is 4.74 Å². The van der Waals surface area contributed by atoms with Gasteiger partial charge in [-0.15, -0.1) is 0 Å². The van der Waals surface area contributed by atoms with E-state index in [0.717, 1.165) is 49.4 Å². The van der Waals surface area contributed by atoms with Crippen LogP contribution in [0.15, 0.2) is 12.1 Å². The molecule has 0 bridgehead atoms. The smallest absolute Gasteiger partial charge is 0.200 e. The van der Waals surface area contributed by atoms with Crippen molar-refractivity contribution in [2.24, 2.45) is 29.6 Å². The van der Waals surface area contributed by atoms with Gasteiger partial charge in [0.2, 0.25) is 5.82 Å². The van der Waals surface area contributed by atoms with Crippen molar-refractivity contribution in [3.8, 4) is 5.75 Å². The molecule has 1 nitrogen and oxygen atoms in total. The summed E-state index contributed by atoms with van der Waals surface area (Å²) in [5, 5.41) is 0. The van der Waals surface area contributed by atoms with Crippen molar-refractivity contribution in [3.05, 3.63) is 29.3 Å². The first-order valence-electron chi connectivity index (χ1n) is 15.7. The fourth-order valence-electron chi connectivity index (χ4n) is 7.81. The van der Waals surface area contributed by atoms with Gasteiger partial charge in [-0.25, -0.2) is 4.39 Å². The van der Waals surface area contributed by atoms with Crippen LogP contribution in [0.2, 0.25) is 0 Å². The normalized spacial score (nSPS) is 31.3. The lowest BCUT2D eigenvalue weighted by atomic mass is 9.69. The predicted octanol–water partition coefficient (Wildman–Crippen LogP) is 10.6. The molecule has 3 aliphatic rings. The SMILES string of the molecule is CCCCC[C@H]1CC[C@H]([C@H]2CC[C@H](COc3ccc([C@H]4CC[C@H](CCC)CC4)c(F)c3F)CC2)CC1.